The molecule has 0 aromatic heterocycles. The van der Waals surface area contributed by atoms with E-state index in [1.807, 2.05) is 0 Å². The van der Waals surface area contributed by atoms with Gasteiger partial charge < -0.3 is 5.32 Å². The van der Waals surface area contributed by atoms with Crippen LogP contribution in [0.5, 0.6) is 0 Å². The van der Waals surface area contributed by atoms with Crippen LogP contribution in [0.25, 0.3) is 0 Å². The van der Waals surface area contributed by atoms with Gasteiger partial charge in [-0.05, 0) is 61.8 Å². The Bertz CT molecular complexity index is 393. The summed E-state index contributed by atoms with van der Waals surface area (Å²) in [6.07, 6.45) is 6.84. The molecular formula is C17H26BrN. The molecule has 0 spiro atoms. The van der Waals surface area contributed by atoms with Gasteiger partial charge in [0.1, 0.15) is 0 Å². The van der Waals surface area contributed by atoms with Gasteiger partial charge in [0.2, 0.25) is 0 Å². The van der Waals surface area contributed by atoms with E-state index in [9.17, 15) is 0 Å². The van der Waals surface area contributed by atoms with Crippen molar-refractivity contribution < 1.29 is 0 Å². The topological polar surface area (TPSA) is 12.0 Å². The summed E-state index contributed by atoms with van der Waals surface area (Å²) < 4.78 is 1.17. The van der Waals surface area contributed by atoms with Gasteiger partial charge in [-0.15, -0.1) is 0 Å². The second-order valence-electron chi connectivity index (χ2n) is 6.52. The number of hydrogen-bond donors (Lipinski definition) is 1. The van der Waals surface area contributed by atoms with E-state index in [0.29, 0.717) is 6.04 Å². The van der Waals surface area contributed by atoms with Gasteiger partial charge in [-0.3, -0.25) is 0 Å². The fourth-order valence-electron chi connectivity index (χ4n) is 3.36. The number of hydrogen-bond acceptors (Lipinski definition) is 1. The first kappa shape index (κ1) is 14.9. The van der Waals surface area contributed by atoms with Crippen molar-refractivity contribution in [1.82, 2.24) is 0 Å². The van der Waals surface area contributed by atoms with Crippen LogP contribution in [-0.2, 0) is 0 Å². The molecule has 0 heterocycles. The van der Waals surface area contributed by atoms with Gasteiger partial charge in [0, 0.05) is 16.2 Å². The first-order valence-electron chi connectivity index (χ1n) is 7.56. The second-order valence-corrected chi connectivity index (χ2v) is 7.44. The third-order valence-corrected chi connectivity index (χ3v) is 4.46. The molecule has 2 unspecified atom stereocenters. The third-order valence-electron chi connectivity index (χ3n) is 4.00. The molecule has 106 valence electrons. The lowest BCUT2D eigenvalue weighted by Gasteiger charge is -2.31. The average molecular weight is 324 g/mol. The van der Waals surface area contributed by atoms with Crippen molar-refractivity contribution in [2.45, 2.75) is 58.9 Å². The zero-order chi connectivity index (χ0) is 13.8. The Kier molecular flexibility index (Phi) is 5.32. The number of anilines is 1. The zero-order valence-corrected chi connectivity index (χ0v) is 14.0. The normalized spacial score (nSPS) is 23.6. The highest BCUT2D eigenvalue weighted by molar-refractivity contribution is 9.10. The van der Waals surface area contributed by atoms with Crippen molar-refractivity contribution in [3.05, 3.63) is 28.2 Å². The third kappa shape index (κ3) is 4.83. The van der Waals surface area contributed by atoms with Crippen LogP contribution in [0.3, 0.4) is 0 Å². The van der Waals surface area contributed by atoms with Gasteiger partial charge in [-0.2, -0.15) is 0 Å². The largest absolute Gasteiger partial charge is 0.382 e. The number of halogens is 1. The van der Waals surface area contributed by atoms with Crippen LogP contribution in [0.4, 0.5) is 5.69 Å². The molecular weight excluding hydrogens is 298 g/mol. The van der Waals surface area contributed by atoms with Crippen molar-refractivity contribution in [1.29, 1.82) is 0 Å². The summed E-state index contributed by atoms with van der Waals surface area (Å²) in [6, 6.07) is 7.26. The fraction of sp³-hybridized carbons (Fsp3) is 0.647. The molecule has 2 rings (SSSR count). The van der Waals surface area contributed by atoms with Gasteiger partial charge in [-0.25, -0.2) is 0 Å². The van der Waals surface area contributed by atoms with Gasteiger partial charge in [0.05, 0.1) is 0 Å². The molecule has 2 heteroatoms. The minimum Gasteiger partial charge on any atom is -0.382 e. The summed E-state index contributed by atoms with van der Waals surface area (Å²) in [4.78, 5) is 0. The van der Waals surface area contributed by atoms with Crippen molar-refractivity contribution >= 4 is 21.6 Å². The van der Waals surface area contributed by atoms with Gasteiger partial charge in [0.15, 0.2) is 0 Å². The number of nitrogens with one attached hydrogen (secondary N) is 1. The molecule has 1 aromatic carbocycles. The molecule has 1 nitrogen and oxygen atoms in total. The van der Waals surface area contributed by atoms with Crippen LogP contribution in [0.15, 0.2) is 22.7 Å². The molecule has 1 fully saturated rings. The fourth-order valence-corrected chi connectivity index (χ4v) is 3.97. The van der Waals surface area contributed by atoms with Gasteiger partial charge in [-0.1, -0.05) is 42.6 Å². The molecule has 0 saturated heterocycles. The standard InChI is InChI=1S/C17H26BrN/c1-12(2)7-14-5-4-6-16(10-14)19-17-9-13(3)8-15(18)11-17/h8-9,11-12,14,16,19H,4-7,10H2,1-3H3. The predicted octanol–water partition coefficient (Wildman–Crippen LogP) is 5.77. The highest BCUT2D eigenvalue weighted by Crippen LogP contribution is 2.31. The molecule has 1 saturated carbocycles. The summed E-state index contributed by atoms with van der Waals surface area (Å²) in [5, 5.41) is 3.74. The smallest absolute Gasteiger partial charge is 0.0356 e. The summed E-state index contributed by atoms with van der Waals surface area (Å²) in [6.45, 7) is 6.84. The molecule has 1 aliphatic carbocycles. The van der Waals surface area contributed by atoms with E-state index in [1.165, 1.54) is 47.8 Å². The first-order chi connectivity index (χ1) is 9.02. The van der Waals surface area contributed by atoms with Crippen LogP contribution in [0.1, 0.15) is 51.5 Å². The maximum Gasteiger partial charge on any atom is 0.0356 e. The molecule has 0 radical (unpaired) electrons. The molecule has 0 aliphatic heterocycles. The summed E-state index contributed by atoms with van der Waals surface area (Å²) in [5.41, 5.74) is 2.58. The van der Waals surface area contributed by atoms with E-state index in [0.717, 1.165) is 11.8 Å². The van der Waals surface area contributed by atoms with Crippen molar-refractivity contribution in [2.24, 2.45) is 11.8 Å². The minimum absolute atomic E-state index is 0.659. The highest BCUT2D eigenvalue weighted by Gasteiger charge is 2.22. The highest BCUT2D eigenvalue weighted by atomic mass is 79.9. The van der Waals surface area contributed by atoms with Gasteiger partial charge in [0.25, 0.3) is 0 Å². The van der Waals surface area contributed by atoms with Crippen LogP contribution >= 0.6 is 15.9 Å². The Morgan fingerprint density at radius 3 is 2.74 bits per heavy atom. The first-order valence-corrected chi connectivity index (χ1v) is 8.36. The zero-order valence-electron chi connectivity index (χ0n) is 12.4. The molecule has 0 amide bonds. The Labute approximate surface area is 126 Å². The number of rotatable bonds is 4. The van der Waals surface area contributed by atoms with E-state index < -0.39 is 0 Å². The maximum absolute atomic E-state index is 3.74. The Hall–Kier alpha value is -0.500. The SMILES string of the molecule is Cc1cc(Br)cc(NC2CCCC(CC(C)C)C2)c1. The monoisotopic (exact) mass is 323 g/mol. The van der Waals surface area contributed by atoms with E-state index in [1.54, 1.807) is 0 Å². The molecule has 1 aromatic rings. The Balaban J connectivity index is 1.94. The van der Waals surface area contributed by atoms with Crippen LogP contribution in [0.2, 0.25) is 0 Å². The van der Waals surface area contributed by atoms with E-state index in [2.05, 4.69) is 60.2 Å². The lowest BCUT2D eigenvalue weighted by molar-refractivity contribution is 0.289. The lowest BCUT2D eigenvalue weighted by Crippen LogP contribution is -2.28. The van der Waals surface area contributed by atoms with Crippen molar-refractivity contribution in [2.75, 3.05) is 5.32 Å². The van der Waals surface area contributed by atoms with Crippen molar-refractivity contribution in [3.8, 4) is 0 Å². The lowest BCUT2D eigenvalue weighted by atomic mass is 9.81. The Morgan fingerprint density at radius 2 is 2.05 bits per heavy atom. The minimum atomic E-state index is 0.659. The number of aryl methyl sites for hydroxylation is 1. The van der Waals surface area contributed by atoms with E-state index in [4.69, 9.17) is 0 Å². The molecule has 1 N–H and O–H groups in total. The molecule has 0 bridgehead atoms. The van der Waals surface area contributed by atoms with E-state index >= 15 is 0 Å². The molecule has 19 heavy (non-hydrogen) atoms. The predicted molar refractivity (Wildman–Crippen MR) is 87.7 cm³/mol. The van der Waals surface area contributed by atoms with Crippen molar-refractivity contribution in [3.63, 3.8) is 0 Å². The average Bonchev–Trinajstić information content (AvgIpc) is 2.26. The summed E-state index contributed by atoms with van der Waals surface area (Å²) in [7, 11) is 0. The van der Waals surface area contributed by atoms with Gasteiger partial charge >= 0.3 is 0 Å². The maximum atomic E-state index is 3.74. The summed E-state index contributed by atoms with van der Waals surface area (Å²) in [5.74, 6) is 1.75. The Morgan fingerprint density at radius 1 is 1.26 bits per heavy atom. The quantitative estimate of drug-likeness (QED) is 0.741. The van der Waals surface area contributed by atoms with Crippen LogP contribution in [-0.4, -0.2) is 6.04 Å². The molecule has 2 atom stereocenters. The van der Waals surface area contributed by atoms with E-state index in [-0.39, 0.29) is 0 Å². The summed E-state index contributed by atoms with van der Waals surface area (Å²) >= 11 is 3.58. The number of benzene rings is 1. The second kappa shape index (κ2) is 6.78. The molecule has 1 aliphatic rings. The van der Waals surface area contributed by atoms with Crippen LogP contribution < -0.4 is 5.32 Å². The van der Waals surface area contributed by atoms with Crippen LogP contribution in [0, 0.1) is 18.8 Å².